The van der Waals surface area contributed by atoms with Crippen LogP contribution in [0.15, 0.2) is 29.2 Å². The van der Waals surface area contributed by atoms with Gasteiger partial charge in [0.25, 0.3) is 5.91 Å². The van der Waals surface area contributed by atoms with Crippen LogP contribution in [0.1, 0.15) is 23.2 Å². The quantitative estimate of drug-likeness (QED) is 0.739. The summed E-state index contributed by atoms with van der Waals surface area (Å²) in [6, 6.07) is 7.76. The minimum absolute atomic E-state index is 0.0786. The molecule has 6 heteroatoms. The summed E-state index contributed by atoms with van der Waals surface area (Å²) >= 11 is 1.60. The number of carbonyl (C=O) groups excluding carboxylic acids is 1. The molecule has 2 atom stereocenters. The first kappa shape index (κ1) is 19.7. The van der Waals surface area contributed by atoms with Gasteiger partial charge in [0.2, 0.25) is 0 Å². The van der Waals surface area contributed by atoms with Gasteiger partial charge in [0.15, 0.2) is 0 Å². The van der Waals surface area contributed by atoms with E-state index in [1.807, 2.05) is 35.4 Å². The third-order valence-corrected chi connectivity index (χ3v) is 6.69. The third kappa shape index (κ3) is 4.42. The summed E-state index contributed by atoms with van der Waals surface area (Å²) < 4.78 is 0. The predicted octanol–water partition coefficient (Wildman–Crippen LogP) is 1.79. The summed E-state index contributed by atoms with van der Waals surface area (Å²) in [7, 11) is 0. The Labute approximate surface area is 160 Å². The van der Waals surface area contributed by atoms with E-state index in [0.717, 1.165) is 42.9 Å². The van der Waals surface area contributed by atoms with Crippen LogP contribution in [0.5, 0.6) is 0 Å². The van der Waals surface area contributed by atoms with Crippen molar-refractivity contribution >= 4 is 17.7 Å². The number of aliphatic hydroxyl groups excluding tert-OH is 2. The largest absolute Gasteiger partial charge is 0.396 e. The van der Waals surface area contributed by atoms with Crippen LogP contribution in [0, 0.1) is 17.8 Å². The summed E-state index contributed by atoms with van der Waals surface area (Å²) in [6.07, 6.45) is 4.07. The summed E-state index contributed by atoms with van der Waals surface area (Å²) in [5.41, 5.74) is 0.765. The third-order valence-electron chi connectivity index (χ3n) is 5.89. The molecule has 0 bridgehead atoms. The van der Waals surface area contributed by atoms with E-state index in [4.69, 9.17) is 0 Å². The van der Waals surface area contributed by atoms with Gasteiger partial charge < -0.3 is 20.0 Å². The van der Waals surface area contributed by atoms with Crippen LogP contribution in [0.25, 0.3) is 0 Å². The highest BCUT2D eigenvalue weighted by molar-refractivity contribution is 7.98. The van der Waals surface area contributed by atoms with Gasteiger partial charge in [0.1, 0.15) is 0 Å². The Morgan fingerprint density at radius 1 is 1.12 bits per heavy atom. The smallest absolute Gasteiger partial charge is 0.255 e. The van der Waals surface area contributed by atoms with Crippen LogP contribution in [0.2, 0.25) is 0 Å². The number of nitrogens with zero attached hydrogens (tertiary/aromatic N) is 2. The molecule has 3 rings (SSSR count). The molecule has 2 aliphatic heterocycles. The van der Waals surface area contributed by atoms with Crippen LogP contribution in [-0.4, -0.2) is 78.1 Å². The minimum Gasteiger partial charge on any atom is -0.396 e. The van der Waals surface area contributed by atoms with Gasteiger partial charge in [0.05, 0.1) is 5.56 Å². The van der Waals surface area contributed by atoms with Gasteiger partial charge in [-0.3, -0.25) is 4.79 Å². The number of carbonyl (C=O) groups is 1. The Bertz CT molecular complexity index is 604. The molecule has 26 heavy (non-hydrogen) atoms. The van der Waals surface area contributed by atoms with Gasteiger partial charge in [-0.1, -0.05) is 12.1 Å². The highest BCUT2D eigenvalue weighted by Crippen LogP contribution is 2.29. The first-order chi connectivity index (χ1) is 12.7. The molecule has 2 N–H and O–H groups in total. The molecule has 1 aromatic rings. The number of benzene rings is 1. The van der Waals surface area contributed by atoms with E-state index >= 15 is 0 Å². The fourth-order valence-corrected chi connectivity index (χ4v) is 4.78. The monoisotopic (exact) mass is 378 g/mol. The van der Waals surface area contributed by atoms with Crippen molar-refractivity contribution in [2.75, 3.05) is 52.2 Å². The van der Waals surface area contributed by atoms with Crippen molar-refractivity contribution in [1.82, 2.24) is 9.80 Å². The van der Waals surface area contributed by atoms with E-state index in [0.29, 0.717) is 24.9 Å². The van der Waals surface area contributed by atoms with E-state index in [1.165, 1.54) is 0 Å². The van der Waals surface area contributed by atoms with Crippen LogP contribution < -0.4 is 0 Å². The van der Waals surface area contributed by atoms with Gasteiger partial charge in [-0.15, -0.1) is 11.8 Å². The molecule has 0 aromatic heterocycles. The number of hydrogen-bond acceptors (Lipinski definition) is 5. The Kier molecular flexibility index (Phi) is 6.98. The maximum atomic E-state index is 13.0. The standard InChI is InChI=1S/C20H30N2O3S/c1-26-19-5-3-2-4-18(19)20(25)22-11-16(17(12-22)14-24)10-21-8-6-15(13-23)7-9-21/h2-5,15-17,23-24H,6-14H2,1H3/t16-,17-/m1/s1. The molecule has 0 aliphatic carbocycles. The van der Waals surface area contributed by atoms with Crippen molar-refractivity contribution in [1.29, 1.82) is 0 Å². The van der Waals surface area contributed by atoms with E-state index < -0.39 is 0 Å². The lowest BCUT2D eigenvalue weighted by Gasteiger charge is -2.33. The zero-order valence-corrected chi connectivity index (χ0v) is 16.3. The van der Waals surface area contributed by atoms with E-state index in [2.05, 4.69) is 4.90 Å². The van der Waals surface area contributed by atoms with Crippen molar-refractivity contribution in [3.8, 4) is 0 Å². The molecule has 1 aromatic carbocycles. The lowest BCUT2D eigenvalue weighted by molar-refractivity contribution is 0.0772. The Morgan fingerprint density at radius 2 is 1.81 bits per heavy atom. The van der Waals surface area contributed by atoms with Crippen LogP contribution in [-0.2, 0) is 0 Å². The number of thioether (sulfide) groups is 1. The summed E-state index contributed by atoms with van der Waals surface area (Å²) in [6.45, 7) is 4.70. The average Bonchev–Trinajstić information content (AvgIpc) is 3.10. The molecule has 2 heterocycles. The number of likely N-dealkylation sites (tertiary alicyclic amines) is 2. The maximum absolute atomic E-state index is 13.0. The second-order valence-electron chi connectivity index (χ2n) is 7.54. The highest BCUT2D eigenvalue weighted by atomic mass is 32.2. The minimum atomic E-state index is 0.0786. The first-order valence-electron chi connectivity index (χ1n) is 9.52. The summed E-state index contributed by atoms with van der Waals surface area (Å²) in [4.78, 5) is 18.4. The van der Waals surface area contributed by atoms with Gasteiger partial charge in [0, 0.05) is 43.7 Å². The number of hydrogen-bond donors (Lipinski definition) is 2. The fourth-order valence-electron chi connectivity index (χ4n) is 4.19. The molecule has 0 saturated carbocycles. The van der Waals surface area contributed by atoms with Gasteiger partial charge in [-0.2, -0.15) is 0 Å². The van der Waals surface area contributed by atoms with Crippen LogP contribution in [0.4, 0.5) is 0 Å². The average molecular weight is 379 g/mol. The SMILES string of the molecule is CSc1ccccc1C(=O)N1C[C@@H](CN2CCC(CO)CC2)[C@@H](CO)C1. The number of aliphatic hydroxyl groups is 2. The van der Waals surface area contributed by atoms with Crippen molar-refractivity contribution in [3.63, 3.8) is 0 Å². The van der Waals surface area contributed by atoms with Gasteiger partial charge in [-0.05, 0) is 56.2 Å². The zero-order chi connectivity index (χ0) is 18.5. The molecule has 5 nitrogen and oxygen atoms in total. The Hall–Kier alpha value is -1.08. The second kappa shape index (κ2) is 9.22. The molecule has 2 saturated heterocycles. The molecule has 2 fully saturated rings. The van der Waals surface area contributed by atoms with E-state index in [9.17, 15) is 15.0 Å². The van der Waals surface area contributed by atoms with E-state index in [-0.39, 0.29) is 25.0 Å². The van der Waals surface area contributed by atoms with Crippen LogP contribution >= 0.6 is 11.8 Å². The van der Waals surface area contributed by atoms with Crippen molar-refractivity contribution in [3.05, 3.63) is 29.8 Å². The molecule has 0 spiro atoms. The van der Waals surface area contributed by atoms with Crippen molar-refractivity contribution in [2.45, 2.75) is 17.7 Å². The van der Waals surface area contributed by atoms with Gasteiger partial charge >= 0.3 is 0 Å². The summed E-state index contributed by atoms with van der Waals surface area (Å²) in [5, 5.41) is 19.1. The second-order valence-corrected chi connectivity index (χ2v) is 8.39. The summed E-state index contributed by atoms with van der Waals surface area (Å²) in [5.74, 6) is 0.978. The number of amides is 1. The molecular formula is C20H30N2O3S. The van der Waals surface area contributed by atoms with Crippen molar-refractivity contribution in [2.24, 2.45) is 17.8 Å². The highest BCUT2D eigenvalue weighted by Gasteiger charge is 2.37. The lowest BCUT2D eigenvalue weighted by atomic mass is 9.93. The molecule has 144 valence electrons. The number of rotatable bonds is 6. The Balaban J connectivity index is 1.62. The zero-order valence-electron chi connectivity index (χ0n) is 15.5. The lowest BCUT2D eigenvalue weighted by Crippen LogP contribution is -2.40. The van der Waals surface area contributed by atoms with Crippen LogP contribution in [0.3, 0.4) is 0 Å². The molecular weight excluding hydrogens is 348 g/mol. The maximum Gasteiger partial charge on any atom is 0.255 e. The Morgan fingerprint density at radius 3 is 2.46 bits per heavy atom. The molecule has 0 unspecified atom stereocenters. The van der Waals surface area contributed by atoms with E-state index in [1.54, 1.807) is 11.8 Å². The molecule has 0 radical (unpaired) electrons. The number of piperidine rings is 1. The normalized spacial score (nSPS) is 25.0. The molecule has 2 aliphatic rings. The fraction of sp³-hybridized carbons (Fsp3) is 0.650. The van der Waals surface area contributed by atoms with Crippen molar-refractivity contribution < 1.29 is 15.0 Å². The first-order valence-corrected chi connectivity index (χ1v) is 10.7. The topological polar surface area (TPSA) is 64.0 Å². The van der Waals surface area contributed by atoms with Gasteiger partial charge in [-0.25, -0.2) is 0 Å². The molecule has 1 amide bonds. The predicted molar refractivity (Wildman–Crippen MR) is 104 cm³/mol.